The standard InChI is InChI=1S/C19H27FN2O4/c1-24-8-6-21-18(23)22-13-19(14-22)10-16(12-26-19)5-7-25-11-15-3-2-4-17(20)9-15/h2-4,9,16H,5-8,10-14H2,1H3,(H,21,23). The molecule has 1 spiro atoms. The molecule has 0 saturated carbocycles. The van der Waals surface area contributed by atoms with E-state index in [0.717, 1.165) is 18.4 Å². The highest BCUT2D eigenvalue weighted by Crippen LogP contribution is 2.39. The lowest BCUT2D eigenvalue weighted by molar-refractivity contribution is -0.0914. The minimum absolute atomic E-state index is 0.0573. The summed E-state index contributed by atoms with van der Waals surface area (Å²) in [6, 6.07) is 6.42. The number of hydrogen-bond acceptors (Lipinski definition) is 4. The number of urea groups is 1. The first-order valence-electron chi connectivity index (χ1n) is 9.08. The topological polar surface area (TPSA) is 60.0 Å². The fourth-order valence-electron chi connectivity index (χ4n) is 3.58. The van der Waals surface area contributed by atoms with Crippen molar-refractivity contribution in [3.63, 3.8) is 0 Å². The molecule has 2 fully saturated rings. The van der Waals surface area contributed by atoms with E-state index in [9.17, 15) is 9.18 Å². The maximum absolute atomic E-state index is 13.1. The molecule has 2 aliphatic rings. The van der Waals surface area contributed by atoms with Crippen LogP contribution in [0.2, 0.25) is 0 Å². The number of nitrogens with zero attached hydrogens (tertiary/aromatic N) is 1. The van der Waals surface area contributed by atoms with Gasteiger partial charge in [-0.15, -0.1) is 0 Å². The van der Waals surface area contributed by atoms with Gasteiger partial charge < -0.3 is 24.4 Å². The van der Waals surface area contributed by atoms with Gasteiger partial charge in [0.1, 0.15) is 11.4 Å². The number of methoxy groups -OCH3 is 1. The Bertz CT molecular complexity index is 607. The molecule has 2 heterocycles. The fourth-order valence-corrected chi connectivity index (χ4v) is 3.58. The van der Waals surface area contributed by atoms with Crippen molar-refractivity contribution in [2.45, 2.75) is 25.0 Å². The van der Waals surface area contributed by atoms with Gasteiger partial charge in [0.2, 0.25) is 0 Å². The van der Waals surface area contributed by atoms with Crippen molar-refractivity contribution in [2.24, 2.45) is 5.92 Å². The van der Waals surface area contributed by atoms with Crippen LogP contribution in [0.1, 0.15) is 18.4 Å². The van der Waals surface area contributed by atoms with E-state index in [2.05, 4.69) is 5.32 Å². The zero-order chi connectivity index (χ0) is 18.4. The molecule has 1 aromatic carbocycles. The van der Waals surface area contributed by atoms with Gasteiger partial charge in [-0.2, -0.15) is 0 Å². The van der Waals surface area contributed by atoms with Crippen LogP contribution in [0.5, 0.6) is 0 Å². The second-order valence-corrected chi connectivity index (χ2v) is 7.12. The van der Waals surface area contributed by atoms with E-state index in [4.69, 9.17) is 14.2 Å². The number of halogens is 1. The van der Waals surface area contributed by atoms with E-state index in [1.807, 2.05) is 6.07 Å². The van der Waals surface area contributed by atoms with Crippen LogP contribution in [0.3, 0.4) is 0 Å². The van der Waals surface area contributed by atoms with Crippen molar-refractivity contribution in [1.29, 1.82) is 0 Å². The molecule has 1 N–H and O–H groups in total. The van der Waals surface area contributed by atoms with Gasteiger partial charge in [0.15, 0.2) is 0 Å². The molecule has 1 aromatic rings. The highest BCUT2D eigenvalue weighted by atomic mass is 19.1. The first-order chi connectivity index (χ1) is 12.6. The first kappa shape index (κ1) is 19.1. The summed E-state index contributed by atoms with van der Waals surface area (Å²) in [5, 5.41) is 2.82. The van der Waals surface area contributed by atoms with Crippen LogP contribution in [0.25, 0.3) is 0 Å². The van der Waals surface area contributed by atoms with E-state index >= 15 is 0 Å². The molecule has 2 aliphatic heterocycles. The van der Waals surface area contributed by atoms with Gasteiger partial charge in [0, 0.05) is 20.3 Å². The lowest BCUT2D eigenvalue weighted by Gasteiger charge is -2.47. The molecule has 0 aromatic heterocycles. The van der Waals surface area contributed by atoms with Crippen molar-refractivity contribution in [3.05, 3.63) is 35.6 Å². The minimum atomic E-state index is -0.238. The number of likely N-dealkylation sites (tertiary alicyclic amines) is 1. The number of carbonyl (C=O) groups is 1. The van der Waals surface area contributed by atoms with Crippen LogP contribution in [-0.4, -0.2) is 63.1 Å². The number of carbonyl (C=O) groups excluding carboxylic acids is 1. The average molecular weight is 366 g/mol. The van der Waals surface area contributed by atoms with Gasteiger partial charge in [-0.25, -0.2) is 9.18 Å². The van der Waals surface area contributed by atoms with E-state index < -0.39 is 0 Å². The van der Waals surface area contributed by atoms with Gasteiger partial charge in [-0.1, -0.05) is 12.1 Å². The molecule has 2 saturated heterocycles. The van der Waals surface area contributed by atoms with Gasteiger partial charge in [0.05, 0.1) is 32.9 Å². The van der Waals surface area contributed by atoms with Crippen LogP contribution in [-0.2, 0) is 20.8 Å². The molecule has 2 amide bonds. The predicted molar refractivity (Wildman–Crippen MR) is 94.3 cm³/mol. The lowest BCUT2D eigenvalue weighted by Crippen LogP contribution is -2.65. The Balaban J connectivity index is 1.30. The molecule has 7 heteroatoms. The van der Waals surface area contributed by atoms with E-state index in [-0.39, 0.29) is 17.4 Å². The SMILES string of the molecule is COCCNC(=O)N1CC2(CC(CCOCc3cccc(F)c3)CO2)C1. The zero-order valence-corrected chi connectivity index (χ0v) is 15.2. The van der Waals surface area contributed by atoms with Gasteiger partial charge >= 0.3 is 6.03 Å². The molecular weight excluding hydrogens is 339 g/mol. The summed E-state index contributed by atoms with van der Waals surface area (Å²) in [6.07, 6.45) is 1.87. The monoisotopic (exact) mass is 366 g/mol. The maximum Gasteiger partial charge on any atom is 0.317 e. The van der Waals surface area contributed by atoms with E-state index in [1.54, 1.807) is 18.1 Å². The van der Waals surface area contributed by atoms with Crippen LogP contribution >= 0.6 is 0 Å². The third-order valence-corrected chi connectivity index (χ3v) is 4.94. The van der Waals surface area contributed by atoms with Crippen LogP contribution < -0.4 is 5.32 Å². The molecule has 1 unspecified atom stereocenters. The molecular formula is C19H27FN2O4. The van der Waals surface area contributed by atoms with Crippen molar-refractivity contribution >= 4 is 6.03 Å². The minimum Gasteiger partial charge on any atom is -0.383 e. The van der Waals surface area contributed by atoms with E-state index in [1.165, 1.54) is 12.1 Å². The Morgan fingerprint density at radius 2 is 2.27 bits per heavy atom. The number of nitrogens with one attached hydrogen (secondary N) is 1. The average Bonchev–Trinajstić information content (AvgIpc) is 3.02. The first-order valence-corrected chi connectivity index (χ1v) is 9.08. The van der Waals surface area contributed by atoms with E-state index in [0.29, 0.717) is 52.0 Å². The van der Waals surface area contributed by atoms with Crippen LogP contribution in [0.4, 0.5) is 9.18 Å². The van der Waals surface area contributed by atoms with Crippen molar-refractivity contribution < 1.29 is 23.4 Å². The van der Waals surface area contributed by atoms with Crippen molar-refractivity contribution in [2.75, 3.05) is 46.6 Å². The van der Waals surface area contributed by atoms with Crippen molar-refractivity contribution in [3.8, 4) is 0 Å². The lowest BCUT2D eigenvalue weighted by atomic mass is 9.86. The third-order valence-electron chi connectivity index (χ3n) is 4.94. The summed E-state index contributed by atoms with van der Waals surface area (Å²) in [6.45, 7) is 4.08. The van der Waals surface area contributed by atoms with Gasteiger partial charge in [-0.05, 0) is 36.5 Å². The second-order valence-electron chi connectivity index (χ2n) is 7.12. The summed E-state index contributed by atoms with van der Waals surface area (Å²) in [5.41, 5.74) is 0.671. The largest absolute Gasteiger partial charge is 0.383 e. The Morgan fingerprint density at radius 3 is 3.04 bits per heavy atom. The molecule has 26 heavy (non-hydrogen) atoms. The number of amides is 2. The highest BCUT2D eigenvalue weighted by molar-refractivity contribution is 5.75. The molecule has 0 bridgehead atoms. The Labute approximate surface area is 153 Å². The Morgan fingerprint density at radius 1 is 1.42 bits per heavy atom. The summed E-state index contributed by atoms with van der Waals surface area (Å²) < 4.78 is 29.7. The van der Waals surface area contributed by atoms with Gasteiger partial charge in [-0.3, -0.25) is 0 Å². The molecule has 6 nitrogen and oxygen atoms in total. The Hall–Kier alpha value is -1.70. The van der Waals surface area contributed by atoms with Crippen molar-refractivity contribution in [1.82, 2.24) is 10.2 Å². The smallest absolute Gasteiger partial charge is 0.317 e. The number of rotatable bonds is 8. The summed E-state index contributed by atoms with van der Waals surface area (Å²) >= 11 is 0. The quantitative estimate of drug-likeness (QED) is 0.717. The maximum atomic E-state index is 13.1. The normalized spacial score (nSPS) is 21.0. The third kappa shape index (κ3) is 4.93. The van der Waals surface area contributed by atoms with Crippen LogP contribution in [0.15, 0.2) is 24.3 Å². The highest BCUT2D eigenvalue weighted by Gasteiger charge is 2.51. The number of ether oxygens (including phenoxy) is 3. The molecule has 3 rings (SSSR count). The van der Waals surface area contributed by atoms with Crippen LogP contribution in [0, 0.1) is 11.7 Å². The molecule has 144 valence electrons. The summed E-state index contributed by atoms with van der Waals surface area (Å²) in [7, 11) is 1.61. The second kappa shape index (κ2) is 8.79. The van der Waals surface area contributed by atoms with Gasteiger partial charge in [0.25, 0.3) is 0 Å². The number of hydrogen-bond donors (Lipinski definition) is 1. The fraction of sp³-hybridized carbons (Fsp3) is 0.632. The summed E-state index contributed by atoms with van der Waals surface area (Å²) in [5.74, 6) is 0.208. The summed E-state index contributed by atoms with van der Waals surface area (Å²) in [4.78, 5) is 13.7. The number of benzene rings is 1. The Kier molecular flexibility index (Phi) is 6.45. The predicted octanol–water partition coefficient (Wildman–Crippen LogP) is 2.18. The molecule has 0 radical (unpaired) electrons. The zero-order valence-electron chi connectivity index (χ0n) is 15.2. The molecule has 1 atom stereocenters. The molecule has 0 aliphatic carbocycles.